The van der Waals surface area contributed by atoms with E-state index in [0.717, 1.165) is 16.9 Å². The number of rotatable bonds is 3. The fourth-order valence-electron chi connectivity index (χ4n) is 7.67. The lowest BCUT2D eigenvalue weighted by atomic mass is 9.68. The molecule has 3 heteroatoms. The van der Waals surface area contributed by atoms with Crippen molar-refractivity contribution in [2.24, 2.45) is 5.92 Å². The fraction of sp³-hybridized carbons (Fsp3) is 0.417. The molecule has 1 aromatic heterocycles. The molecule has 1 saturated heterocycles. The van der Waals surface area contributed by atoms with Gasteiger partial charge in [0.1, 0.15) is 5.82 Å². The monoisotopic (exact) mass is 515 g/mol. The second-order valence-corrected chi connectivity index (χ2v) is 13.5. The summed E-state index contributed by atoms with van der Waals surface area (Å²) in [5.41, 5.74) is 9.51. The zero-order valence-electron chi connectivity index (χ0n) is 23.9. The molecule has 3 aliphatic rings. The number of H-pyrrole nitrogens is 1. The second-order valence-electron chi connectivity index (χ2n) is 13.5. The minimum Gasteiger partial charge on any atom is -0.338 e. The van der Waals surface area contributed by atoms with Gasteiger partial charge < -0.3 is 9.88 Å². The molecule has 0 radical (unpaired) electrons. The van der Waals surface area contributed by atoms with Gasteiger partial charge in [-0.1, -0.05) is 94.4 Å². The second kappa shape index (κ2) is 9.20. The number of aromatic amines is 1. The molecule has 1 saturated carbocycles. The molecule has 0 bridgehead atoms. The average molecular weight is 516 g/mol. The Kier molecular flexibility index (Phi) is 5.86. The maximum Gasteiger partial charge on any atom is 0.138 e. The molecule has 1 N–H and O–H groups in total. The standard InChI is InChI=1S/C36H41N3/c1-24-23-39(20-19-36(24)18-17-26-7-5-6-8-31(26)36)30-15-13-28(21-30)25-9-11-27(12-10-25)34-37-32-16-14-29(35(2,3)4)22-33(32)38-34/h5-12,14,16-18,22,24,28,30H,13,15,19-21,23H2,1-4H3,(H,37,38)/t24-,28?,30?,36?/m0/s1. The van der Waals surface area contributed by atoms with Gasteiger partial charge in [0.25, 0.3) is 0 Å². The molecule has 0 amide bonds. The molecule has 7 rings (SSSR count). The summed E-state index contributed by atoms with van der Waals surface area (Å²) in [6.07, 6.45) is 10.0. The lowest BCUT2D eigenvalue weighted by Gasteiger charge is -2.46. The van der Waals surface area contributed by atoms with Crippen molar-refractivity contribution in [3.05, 3.63) is 95.1 Å². The Bertz CT molecular complexity index is 1540. The lowest BCUT2D eigenvalue weighted by Crippen LogP contribution is -2.50. The molecule has 3 nitrogen and oxygen atoms in total. The van der Waals surface area contributed by atoms with Crippen molar-refractivity contribution in [2.75, 3.05) is 13.1 Å². The summed E-state index contributed by atoms with van der Waals surface area (Å²) in [5.74, 6) is 2.27. The van der Waals surface area contributed by atoms with E-state index in [2.05, 4.69) is 116 Å². The van der Waals surface area contributed by atoms with E-state index < -0.39 is 0 Å². The molecule has 2 aliphatic carbocycles. The summed E-state index contributed by atoms with van der Waals surface area (Å²) in [7, 11) is 0. The third-order valence-electron chi connectivity index (χ3n) is 10.1. The molecule has 1 spiro atoms. The van der Waals surface area contributed by atoms with Crippen molar-refractivity contribution >= 4 is 17.1 Å². The van der Waals surface area contributed by atoms with Gasteiger partial charge in [-0.05, 0) is 83.9 Å². The van der Waals surface area contributed by atoms with Gasteiger partial charge in [-0.3, -0.25) is 0 Å². The van der Waals surface area contributed by atoms with Crippen LogP contribution >= 0.6 is 0 Å². The zero-order chi connectivity index (χ0) is 26.8. The molecular weight excluding hydrogens is 474 g/mol. The number of hydrogen-bond donors (Lipinski definition) is 1. The molecule has 4 aromatic rings. The van der Waals surface area contributed by atoms with E-state index in [9.17, 15) is 0 Å². The van der Waals surface area contributed by atoms with Crippen LogP contribution in [-0.2, 0) is 10.8 Å². The smallest absolute Gasteiger partial charge is 0.138 e. The summed E-state index contributed by atoms with van der Waals surface area (Å²) in [5, 5.41) is 0. The third-order valence-corrected chi connectivity index (χ3v) is 10.1. The quantitative estimate of drug-likeness (QED) is 0.297. The Balaban J connectivity index is 1.02. The van der Waals surface area contributed by atoms with Crippen LogP contribution < -0.4 is 0 Å². The van der Waals surface area contributed by atoms with Crippen LogP contribution in [0.4, 0.5) is 0 Å². The van der Waals surface area contributed by atoms with Gasteiger partial charge in [0.2, 0.25) is 0 Å². The first-order valence-electron chi connectivity index (χ1n) is 14.9. The first kappa shape index (κ1) is 24.8. The average Bonchev–Trinajstić information content (AvgIpc) is 3.68. The van der Waals surface area contributed by atoms with E-state index in [4.69, 9.17) is 4.98 Å². The third kappa shape index (κ3) is 4.26. The highest BCUT2D eigenvalue weighted by molar-refractivity contribution is 5.80. The number of likely N-dealkylation sites (tertiary alicyclic amines) is 1. The lowest BCUT2D eigenvalue weighted by molar-refractivity contribution is 0.0898. The summed E-state index contributed by atoms with van der Waals surface area (Å²) < 4.78 is 0. The predicted molar refractivity (Wildman–Crippen MR) is 163 cm³/mol. The van der Waals surface area contributed by atoms with E-state index >= 15 is 0 Å². The number of piperidine rings is 1. The molecule has 2 heterocycles. The summed E-state index contributed by atoms with van der Waals surface area (Å²) in [6.45, 7) is 11.7. The number of nitrogens with one attached hydrogen (secondary N) is 1. The predicted octanol–water partition coefficient (Wildman–Crippen LogP) is 8.47. The van der Waals surface area contributed by atoms with Crippen LogP contribution in [0.15, 0.2) is 72.8 Å². The number of imidazole rings is 1. The van der Waals surface area contributed by atoms with E-state index in [0.29, 0.717) is 17.9 Å². The minimum atomic E-state index is 0.132. The van der Waals surface area contributed by atoms with Crippen LogP contribution in [0.25, 0.3) is 28.5 Å². The molecule has 3 unspecified atom stereocenters. The van der Waals surface area contributed by atoms with Gasteiger partial charge in [-0.25, -0.2) is 4.98 Å². The highest BCUT2D eigenvalue weighted by Crippen LogP contribution is 2.48. The van der Waals surface area contributed by atoms with Gasteiger partial charge in [-0.15, -0.1) is 0 Å². The summed E-state index contributed by atoms with van der Waals surface area (Å²) >= 11 is 0. The molecule has 39 heavy (non-hydrogen) atoms. The summed E-state index contributed by atoms with van der Waals surface area (Å²) in [4.78, 5) is 11.3. The Hall–Kier alpha value is -3.17. The van der Waals surface area contributed by atoms with E-state index in [1.807, 2.05) is 0 Å². The highest BCUT2D eigenvalue weighted by Gasteiger charge is 2.45. The number of nitrogens with zero attached hydrogens (tertiary/aromatic N) is 2. The van der Waals surface area contributed by atoms with Crippen molar-refractivity contribution in [1.82, 2.24) is 14.9 Å². The molecule has 200 valence electrons. The maximum atomic E-state index is 4.89. The SMILES string of the molecule is C[C@H]1CN(C2CCC(c3ccc(-c4nc5ccc(C(C)(C)C)cc5[nH]4)cc3)C2)CCC12C=Cc1ccccc12. The largest absolute Gasteiger partial charge is 0.338 e. The molecular formula is C36H41N3. The fourth-order valence-corrected chi connectivity index (χ4v) is 7.67. The first-order chi connectivity index (χ1) is 18.8. The summed E-state index contributed by atoms with van der Waals surface area (Å²) in [6, 6.07) is 25.6. The number of aromatic nitrogens is 2. The zero-order valence-corrected chi connectivity index (χ0v) is 23.9. The maximum absolute atomic E-state index is 4.89. The molecule has 3 aromatic carbocycles. The Morgan fingerprint density at radius 3 is 2.59 bits per heavy atom. The van der Waals surface area contributed by atoms with Crippen LogP contribution in [0.1, 0.15) is 81.5 Å². The van der Waals surface area contributed by atoms with Crippen LogP contribution in [-0.4, -0.2) is 34.0 Å². The van der Waals surface area contributed by atoms with Crippen LogP contribution in [0, 0.1) is 5.92 Å². The van der Waals surface area contributed by atoms with Gasteiger partial charge in [0.15, 0.2) is 0 Å². The van der Waals surface area contributed by atoms with Gasteiger partial charge >= 0.3 is 0 Å². The van der Waals surface area contributed by atoms with Crippen molar-refractivity contribution in [3.8, 4) is 11.4 Å². The number of benzene rings is 3. The van der Waals surface area contributed by atoms with Crippen molar-refractivity contribution in [1.29, 1.82) is 0 Å². The Morgan fingerprint density at radius 1 is 0.974 bits per heavy atom. The van der Waals surface area contributed by atoms with Crippen molar-refractivity contribution in [2.45, 2.75) is 76.2 Å². The molecule has 1 aliphatic heterocycles. The van der Waals surface area contributed by atoms with E-state index in [1.54, 1.807) is 5.56 Å². The van der Waals surface area contributed by atoms with E-state index in [-0.39, 0.29) is 10.8 Å². The van der Waals surface area contributed by atoms with E-state index in [1.165, 1.54) is 61.0 Å². The van der Waals surface area contributed by atoms with Crippen LogP contribution in [0.5, 0.6) is 0 Å². The number of allylic oxidation sites excluding steroid dienone is 1. The molecule has 2 fully saturated rings. The normalized spacial score (nSPS) is 27.0. The first-order valence-corrected chi connectivity index (χ1v) is 14.9. The minimum absolute atomic E-state index is 0.132. The van der Waals surface area contributed by atoms with Crippen molar-refractivity contribution < 1.29 is 0 Å². The number of fused-ring (bicyclic) bond motifs is 3. The van der Waals surface area contributed by atoms with Crippen molar-refractivity contribution in [3.63, 3.8) is 0 Å². The Morgan fingerprint density at radius 2 is 1.79 bits per heavy atom. The van der Waals surface area contributed by atoms with Crippen LogP contribution in [0.3, 0.4) is 0 Å². The number of hydrogen-bond acceptors (Lipinski definition) is 2. The topological polar surface area (TPSA) is 31.9 Å². The van der Waals surface area contributed by atoms with Crippen LogP contribution in [0.2, 0.25) is 0 Å². The van der Waals surface area contributed by atoms with Gasteiger partial charge in [-0.2, -0.15) is 0 Å². The Labute approximate surface area is 233 Å². The highest BCUT2D eigenvalue weighted by atomic mass is 15.2. The molecule has 4 atom stereocenters. The van der Waals surface area contributed by atoms with Gasteiger partial charge in [0, 0.05) is 23.6 Å². The van der Waals surface area contributed by atoms with Gasteiger partial charge in [0.05, 0.1) is 11.0 Å².